The van der Waals surface area contributed by atoms with Crippen molar-refractivity contribution in [3.8, 4) is 0 Å². The first-order valence-corrected chi connectivity index (χ1v) is 4.92. The summed E-state index contributed by atoms with van der Waals surface area (Å²) in [5.74, 6) is 0.891. The maximum atomic E-state index is 4.27. The molecule has 1 unspecified atom stereocenters. The number of anilines is 1. The van der Waals surface area contributed by atoms with Crippen molar-refractivity contribution >= 4 is 5.82 Å². The molecule has 1 N–H and O–H groups in total. The Morgan fingerprint density at radius 2 is 2.00 bits per heavy atom. The molecule has 0 fully saturated rings. The monoisotopic (exact) mass is 202 g/mol. The van der Waals surface area contributed by atoms with Gasteiger partial charge >= 0.3 is 0 Å². The highest BCUT2D eigenvalue weighted by molar-refractivity contribution is 5.36. The quantitative estimate of drug-likeness (QED) is 0.827. The van der Waals surface area contributed by atoms with Crippen LogP contribution in [-0.4, -0.2) is 14.8 Å². The fourth-order valence-corrected chi connectivity index (χ4v) is 1.45. The minimum absolute atomic E-state index is 0.239. The highest BCUT2D eigenvalue weighted by atomic mass is 15.3. The van der Waals surface area contributed by atoms with Gasteiger partial charge in [0.15, 0.2) is 0 Å². The van der Waals surface area contributed by atoms with Crippen LogP contribution in [0.3, 0.4) is 0 Å². The maximum Gasteiger partial charge on any atom is 0.148 e. The van der Waals surface area contributed by atoms with E-state index in [0.29, 0.717) is 0 Å². The molecule has 15 heavy (non-hydrogen) atoms. The lowest BCUT2D eigenvalue weighted by Gasteiger charge is -2.12. The SMILES string of the molecule is CC(Nc1ccn(C)n1)c1ccncc1. The molecule has 0 aliphatic heterocycles. The fourth-order valence-electron chi connectivity index (χ4n) is 1.45. The van der Waals surface area contributed by atoms with E-state index in [4.69, 9.17) is 0 Å². The second-order valence-corrected chi connectivity index (χ2v) is 3.52. The highest BCUT2D eigenvalue weighted by Gasteiger charge is 2.05. The van der Waals surface area contributed by atoms with Crippen LogP contribution in [0.15, 0.2) is 36.8 Å². The van der Waals surface area contributed by atoms with Crippen molar-refractivity contribution < 1.29 is 0 Å². The van der Waals surface area contributed by atoms with Gasteiger partial charge in [-0.1, -0.05) is 0 Å². The van der Waals surface area contributed by atoms with Gasteiger partial charge < -0.3 is 5.32 Å². The van der Waals surface area contributed by atoms with Crippen LogP contribution < -0.4 is 5.32 Å². The van der Waals surface area contributed by atoms with Gasteiger partial charge in [0.25, 0.3) is 0 Å². The third-order valence-corrected chi connectivity index (χ3v) is 2.28. The Morgan fingerprint density at radius 3 is 2.60 bits per heavy atom. The Kier molecular flexibility index (Phi) is 2.67. The molecule has 2 rings (SSSR count). The molecule has 0 saturated heterocycles. The number of pyridine rings is 1. The molecule has 0 aromatic carbocycles. The second kappa shape index (κ2) is 4.13. The van der Waals surface area contributed by atoms with Gasteiger partial charge in [-0.25, -0.2) is 0 Å². The minimum Gasteiger partial charge on any atom is -0.362 e. The molecular weight excluding hydrogens is 188 g/mol. The van der Waals surface area contributed by atoms with Crippen LogP contribution in [0.2, 0.25) is 0 Å². The number of hydrogen-bond acceptors (Lipinski definition) is 3. The lowest BCUT2D eigenvalue weighted by atomic mass is 10.1. The van der Waals surface area contributed by atoms with Crippen LogP contribution >= 0.6 is 0 Å². The summed E-state index contributed by atoms with van der Waals surface area (Å²) in [4.78, 5) is 3.99. The Labute approximate surface area is 89.0 Å². The number of aryl methyl sites for hydroxylation is 1. The standard InChI is InChI=1S/C11H14N4/c1-9(10-3-6-12-7-4-10)13-11-5-8-15(2)14-11/h3-9H,1-2H3,(H,13,14). The molecule has 0 saturated carbocycles. The first-order valence-electron chi connectivity index (χ1n) is 4.92. The van der Waals surface area contributed by atoms with Gasteiger partial charge in [0, 0.05) is 31.7 Å². The van der Waals surface area contributed by atoms with Crippen molar-refractivity contribution in [1.82, 2.24) is 14.8 Å². The predicted molar refractivity (Wildman–Crippen MR) is 59.5 cm³/mol. The van der Waals surface area contributed by atoms with E-state index in [1.165, 1.54) is 5.56 Å². The Bertz CT molecular complexity index is 421. The summed E-state index contributed by atoms with van der Waals surface area (Å²) in [6.45, 7) is 2.10. The van der Waals surface area contributed by atoms with Gasteiger partial charge in [-0.3, -0.25) is 9.67 Å². The van der Waals surface area contributed by atoms with E-state index in [1.807, 2.05) is 31.4 Å². The van der Waals surface area contributed by atoms with E-state index in [1.54, 1.807) is 17.1 Å². The third kappa shape index (κ3) is 2.34. The highest BCUT2D eigenvalue weighted by Crippen LogP contribution is 2.16. The Hall–Kier alpha value is -1.84. The second-order valence-electron chi connectivity index (χ2n) is 3.52. The first kappa shape index (κ1) is 9.71. The zero-order valence-electron chi connectivity index (χ0n) is 8.88. The van der Waals surface area contributed by atoms with E-state index < -0.39 is 0 Å². The van der Waals surface area contributed by atoms with Gasteiger partial charge in [-0.05, 0) is 24.6 Å². The summed E-state index contributed by atoms with van der Waals surface area (Å²) in [6.07, 6.45) is 5.51. The number of hydrogen-bond donors (Lipinski definition) is 1. The fraction of sp³-hybridized carbons (Fsp3) is 0.273. The molecule has 2 heterocycles. The molecule has 2 aromatic heterocycles. The molecular formula is C11H14N4. The number of nitrogens with one attached hydrogen (secondary N) is 1. The summed E-state index contributed by atoms with van der Waals surface area (Å²) in [6, 6.07) is 6.20. The molecule has 0 radical (unpaired) electrons. The van der Waals surface area contributed by atoms with E-state index in [9.17, 15) is 0 Å². The van der Waals surface area contributed by atoms with E-state index >= 15 is 0 Å². The van der Waals surface area contributed by atoms with Crippen molar-refractivity contribution in [2.45, 2.75) is 13.0 Å². The van der Waals surface area contributed by atoms with Crippen LogP contribution in [0.25, 0.3) is 0 Å². The summed E-state index contributed by atoms with van der Waals surface area (Å²) in [7, 11) is 1.91. The van der Waals surface area contributed by atoms with Crippen LogP contribution in [-0.2, 0) is 7.05 Å². The molecule has 1 atom stereocenters. The third-order valence-electron chi connectivity index (χ3n) is 2.28. The van der Waals surface area contributed by atoms with Gasteiger partial charge in [-0.2, -0.15) is 5.10 Å². The van der Waals surface area contributed by atoms with Gasteiger partial charge in [0.2, 0.25) is 0 Å². The van der Waals surface area contributed by atoms with Crippen molar-refractivity contribution in [3.05, 3.63) is 42.4 Å². The molecule has 4 heteroatoms. The zero-order chi connectivity index (χ0) is 10.7. The summed E-state index contributed by atoms with van der Waals surface area (Å²) < 4.78 is 1.78. The molecule has 4 nitrogen and oxygen atoms in total. The lowest BCUT2D eigenvalue weighted by Crippen LogP contribution is -2.07. The minimum atomic E-state index is 0.239. The number of nitrogens with zero attached hydrogens (tertiary/aromatic N) is 3. The van der Waals surface area contributed by atoms with Gasteiger partial charge in [0.05, 0.1) is 6.04 Å². The topological polar surface area (TPSA) is 42.7 Å². The Morgan fingerprint density at radius 1 is 1.27 bits per heavy atom. The average molecular weight is 202 g/mol. The first-order chi connectivity index (χ1) is 7.25. The maximum absolute atomic E-state index is 4.27. The normalized spacial score (nSPS) is 12.4. The molecule has 0 aliphatic rings. The molecule has 78 valence electrons. The van der Waals surface area contributed by atoms with E-state index in [-0.39, 0.29) is 6.04 Å². The molecule has 0 amide bonds. The predicted octanol–water partition coefficient (Wildman–Crippen LogP) is 1.99. The number of rotatable bonds is 3. The lowest BCUT2D eigenvalue weighted by molar-refractivity contribution is 0.760. The van der Waals surface area contributed by atoms with Crippen molar-refractivity contribution in [1.29, 1.82) is 0 Å². The summed E-state index contributed by atoms with van der Waals surface area (Å²) in [5.41, 5.74) is 1.20. The molecule has 0 spiro atoms. The summed E-state index contributed by atoms with van der Waals surface area (Å²) >= 11 is 0. The summed E-state index contributed by atoms with van der Waals surface area (Å²) in [5, 5.41) is 7.59. The average Bonchev–Trinajstić information content (AvgIpc) is 2.65. The van der Waals surface area contributed by atoms with Crippen molar-refractivity contribution in [3.63, 3.8) is 0 Å². The largest absolute Gasteiger partial charge is 0.362 e. The molecule has 0 aliphatic carbocycles. The van der Waals surface area contributed by atoms with Gasteiger partial charge in [-0.15, -0.1) is 0 Å². The van der Waals surface area contributed by atoms with Crippen molar-refractivity contribution in [2.24, 2.45) is 7.05 Å². The van der Waals surface area contributed by atoms with Crippen LogP contribution in [0.1, 0.15) is 18.5 Å². The molecule has 0 bridgehead atoms. The van der Waals surface area contributed by atoms with E-state index in [2.05, 4.69) is 22.3 Å². The van der Waals surface area contributed by atoms with Crippen LogP contribution in [0.4, 0.5) is 5.82 Å². The van der Waals surface area contributed by atoms with Crippen LogP contribution in [0, 0.1) is 0 Å². The van der Waals surface area contributed by atoms with Gasteiger partial charge in [0.1, 0.15) is 5.82 Å². The molecule has 2 aromatic rings. The van der Waals surface area contributed by atoms with Crippen LogP contribution in [0.5, 0.6) is 0 Å². The Balaban J connectivity index is 2.07. The van der Waals surface area contributed by atoms with E-state index in [0.717, 1.165) is 5.82 Å². The van der Waals surface area contributed by atoms with Crippen molar-refractivity contribution in [2.75, 3.05) is 5.32 Å². The zero-order valence-corrected chi connectivity index (χ0v) is 8.88. The smallest absolute Gasteiger partial charge is 0.148 e. The number of aromatic nitrogens is 3.